The molecule has 0 saturated carbocycles. The van der Waals surface area contributed by atoms with Gasteiger partial charge < -0.3 is 24.3 Å². The summed E-state index contributed by atoms with van der Waals surface area (Å²) in [6, 6.07) is 10.5. The van der Waals surface area contributed by atoms with E-state index in [0.29, 0.717) is 28.6 Å². The van der Waals surface area contributed by atoms with E-state index in [2.05, 4.69) is 5.32 Å². The number of hydrogen-bond acceptors (Lipinski definition) is 5. The highest BCUT2D eigenvalue weighted by Crippen LogP contribution is 2.32. The minimum atomic E-state index is -0.252. The maximum atomic E-state index is 12.7. The van der Waals surface area contributed by atoms with Gasteiger partial charge in [0.15, 0.2) is 23.0 Å². The zero-order valence-electron chi connectivity index (χ0n) is 15.1. The van der Waals surface area contributed by atoms with Crippen molar-refractivity contribution in [2.45, 2.75) is 13.0 Å². The number of hydrogen-bond donors (Lipinski definition) is 1. The van der Waals surface area contributed by atoms with Crippen LogP contribution < -0.4 is 24.3 Å². The first-order valence-corrected chi connectivity index (χ1v) is 7.79. The fraction of sp³-hybridized carbons (Fsp3) is 0.316. The van der Waals surface area contributed by atoms with Crippen LogP contribution in [0.3, 0.4) is 0 Å². The average molecular weight is 345 g/mol. The molecule has 1 amide bonds. The number of ether oxygens (including phenoxy) is 4. The van der Waals surface area contributed by atoms with Crippen LogP contribution in [0.25, 0.3) is 0 Å². The molecule has 0 spiro atoms. The summed E-state index contributed by atoms with van der Waals surface area (Å²) in [6.07, 6.45) is 0. The summed E-state index contributed by atoms with van der Waals surface area (Å²) in [5, 5.41) is 2.96. The number of carbonyl (C=O) groups is 1. The molecule has 2 rings (SSSR count). The van der Waals surface area contributed by atoms with Gasteiger partial charge in [0.2, 0.25) is 0 Å². The molecular formula is C19H23NO5. The second kappa shape index (κ2) is 8.28. The van der Waals surface area contributed by atoms with Gasteiger partial charge in [0, 0.05) is 0 Å². The Bertz CT molecular complexity index is 745. The lowest BCUT2D eigenvalue weighted by atomic mass is 10.1. The van der Waals surface area contributed by atoms with Crippen molar-refractivity contribution < 1.29 is 23.7 Å². The Balaban J connectivity index is 2.23. The molecule has 0 heterocycles. The molecule has 0 aliphatic carbocycles. The fourth-order valence-corrected chi connectivity index (χ4v) is 2.55. The first-order chi connectivity index (χ1) is 12.0. The van der Waals surface area contributed by atoms with E-state index in [4.69, 9.17) is 18.9 Å². The van der Waals surface area contributed by atoms with Crippen molar-refractivity contribution in [3.05, 3.63) is 47.5 Å². The van der Waals surface area contributed by atoms with Gasteiger partial charge in [-0.25, -0.2) is 0 Å². The molecule has 0 saturated heterocycles. The lowest BCUT2D eigenvalue weighted by Crippen LogP contribution is -2.27. The highest BCUT2D eigenvalue weighted by molar-refractivity contribution is 5.98. The molecule has 134 valence electrons. The molecule has 25 heavy (non-hydrogen) atoms. The summed E-state index contributed by atoms with van der Waals surface area (Å²) in [4.78, 5) is 12.7. The Morgan fingerprint density at radius 1 is 0.880 bits per heavy atom. The van der Waals surface area contributed by atoms with Crippen LogP contribution in [0.2, 0.25) is 0 Å². The minimum absolute atomic E-state index is 0.233. The van der Waals surface area contributed by atoms with Gasteiger partial charge in [0.25, 0.3) is 5.91 Å². The Hall–Kier alpha value is -2.89. The zero-order valence-corrected chi connectivity index (χ0v) is 15.1. The summed E-state index contributed by atoms with van der Waals surface area (Å²) in [5.74, 6) is 1.91. The number of carbonyl (C=O) groups excluding carboxylic acids is 1. The number of nitrogens with one attached hydrogen (secondary N) is 1. The van der Waals surface area contributed by atoms with Crippen LogP contribution >= 0.6 is 0 Å². The molecule has 6 nitrogen and oxygen atoms in total. The number of para-hydroxylation sites is 1. The number of amides is 1. The molecular weight excluding hydrogens is 322 g/mol. The Kier molecular flexibility index (Phi) is 6.11. The molecule has 1 atom stereocenters. The molecule has 0 aliphatic rings. The second-order valence-corrected chi connectivity index (χ2v) is 5.35. The normalized spacial score (nSPS) is 11.4. The van der Waals surface area contributed by atoms with Crippen molar-refractivity contribution in [2.75, 3.05) is 28.4 Å². The molecule has 0 unspecified atom stereocenters. The van der Waals surface area contributed by atoms with Crippen LogP contribution in [0.15, 0.2) is 36.4 Å². The molecule has 6 heteroatoms. The lowest BCUT2D eigenvalue weighted by molar-refractivity contribution is 0.0936. The smallest absolute Gasteiger partial charge is 0.255 e. The summed E-state index contributed by atoms with van der Waals surface area (Å²) in [6.45, 7) is 1.89. The molecule has 0 fully saturated rings. The van der Waals surface area contributed by atoms with Crippen molar-refractivity contribution in [3.8, 4) is 23.0 Å². The van der Waals surface area contributed by atoms with E-state index in [1.54, 1.807) is 32.4 Å². The van der Waals surface area contributed by atoms with Gasteiger partial charge in [0.1, 0.15) is 0 Å². The third-order valence-electron chi connectivity index (χ3n) is 3.90. The first kappa shape index (κ1) is 18.4. The van der Waals surface area contributed by atoms with E-state index in [-0.39, 0.29) is 11.9 Å². The predicted octanol–water partition coefficient (Wildman–Crippen LogP) is 3.21. The highest BCUT2D eigenvalue weighted by atomic mass is 16.5. The molecule has 2 aromatic carbocycles. The van der Waals surface area contributed by atoms with Crippen molar-refractivity contribution in [3.63, 3.8) is 0 Å². The summed E-state index contributed by atoms with van der Waals surface area (Å²) in [5.41, 5.74) is 1.31. The van der Waals surface area contributed by atoms with Crippen LogP contribution in [0.4, 0.5) is 0 Å². The number of rotatable bonds is 7. The Morgan fingerprint density at radius 3 is 2.16 bits per heavy atom. The number of methoxy groups -OCH3 is 4. The standard InChI is InChI=1S/C19H23NO5/c1-12(13-9-10-15(22-2)17(11-13)24-4)20-19(21)14-7-6-8-16(23-3)18(14)25-5/h6-12H,1-5H3,(H,20,21)/t12-/m1/s1. The van der Waals surface area contributed by atoms with E-state index >= 15 is 0 Å². The third kappa shape index (κ3) is 3.96. The molecule has 2 aromatic rings. The third-order valence-corrected chi connectivity index (χ3v) is 3.90. The quantitative estimate of drug-likeness (QED) is 0.835. The van der Waals surface area contributed by atoms with Crippen LogP contribution in [-0.2, 0) is 0 Å². The predicted molar refractivity (Wildman–Crippen MR) is 95.0 cm³/mol. The molecule has 0 aromatic heterocycles. The average Bonchev–Trinajstić information content (AvgIpc) is 2.66. The van der Waals surface area contributed by atoms with Gasteiger partial charge in [-0.1, -0.05) is 12.1 Å². The topological polar surface area (TPSA) is 66.0 Å². The van der Waals surface area contributed by atoms with Crippen LogP contribution in [0.1, 0.15) is 28.9 Å². The van der Waals surface area contributed by atoms with Gasteiger partial charge in [-0.2, -0.15) is 0 Å². The maximum absolute atomic E-state index is 12.7. The van der Waals surface area contributed by atoms with Gasteiger partial charge in [-0.15, -0.1) is 0 Å². The maximum Gasteiger partial charge on any atom is 0.255 e. The van der Waals surface area contributed by atoms with Crippen LogP contribution in [-0.4, -0.2) is 34.3 Å². The van der Waals surface area contributed by atoms with Crippen molar-refractivity contribution in [2.24, 2.45) is 0 Å². The van der Waals surface area contributed by atoms with Gasteiger partial charge in [-0.3, -0.25) is 4.79 Å². The Labute approximate surface area is 147 Å². The van der Waals surface area contributed by atoms with E-state index < -0.39 is 0 Å². The van der Waals surface area contributed by atoms with E-state index in [1.807, 2.05) is 25.1 Å². The SMILES string of the molecule is COc1ccc([C@@H](C)NC(=O)c2cccc(OC)c2OC)cc1OC. The van der Waals surface area contributed by atoms with Crippen molar-refractivity contribution in [1.82, 2.24) is 5.32 Å². The highest BCUT2D eigenvalue weighted by Gasteiger charge is 2.19. The molecule has 0 radical (unpaired) electrons. The van der Waals surface area contributed by atoms with Gasteiger partial charge >= 0.3 is 0 Å². The molecule has 0 bridgehead atoms. The first-order valence-electron chi connectivity index (χ1n) is 7.79. The molecule has 0 aliphatic heterocycles. The zero-order chi connectivity index (χ0) is 18.4. The number of benzene rings is 2. The van der Waals surface area contributed by atoms with E-state index in [0.717, 1.165) is 5.56 Å². The summed E-state index contributed by atoms with van der Waals surface area (Å²) in [7, 11) is 6.20. The van der Waals surface area contributed by atoms with Gasteiger partial charge in [0.05, 0.1) is 40.0 Å². The minimum Gasteiger partial charge on any atom is -0.493 e. The monoisotopic (exact) mass is 345 g/mol. The second-order valence-electron chi connectivity index (χ2n) is 5.35. The van der Waals surface area contributed by atoms with Crippen molar-refractivity contribution in [1.29, 1.82) is 0 Å². The Morgan fingerprint density at radius 2 is 1.56 bits per heavy atom. The van der Waals surface area contributed by atoms with E-state index in [1.165, 1.54) is 14.2 Å². The van der Waals surface area contributed by atoms with Gasteiger partial charge in [-0.05, 0) is 36.8 Å². The molecule has 1 N–H and O–H groups in total. The van der Waals surface area contributed by atoms with Crippen LogP contribution in [0, 0.1) is 0 Å². The van der Waals surface area contributed by atoms with Crippen LogP contribution in [0.5, 0.6) is 23.0 Å². The summed E-state index contributed by atoms with van der Waals surface area (Å²) >= 11 is 0. The lowest BCUT2D eigenvalue weighted by Gasteiger charge is -2.18. The fourth-order valence-electron chi connectivity index (χ4n) is 2.55. The van der Waals surface area contributed by atoms with Crippen molar-refractivity contribution >= 4 is 5.91 Å². The largest absolute Gasteiger partial charge is 0.493 e. The summed E-state index contributed by atoms with van der Waals surface area (Å²) < 4.78 is 21.1. The van der Waals surface area contributed by atoms with E-state index in [9.17, 15) is 4.79 Å².